The highest BCUT2D eigenvalue weighted by atomic mass is 35.5. The molecule has 0 radical (unpaired) electrons. The zero-order valence-electron chi connectivity index (χ0n) is 85.2. The molecule has 2 bridgehead atoms. The Morgan fingerprint density at radius 2 is 1.11 bits per heavy atom. The number of hydrogen-bond acceptors (Lipinski definition) is 44. The number of amides is 1. The van der Waals surface area contributed by atoms with Gasteiger partial charge in [-0.1, -0.05) is 54.5 Å². The van der Waals surface area contributed by atoms with Crippen LogP contribution in [0.25, 0.3) is 0 Å². The van der Waals surface area contributed by atoms with E-state index in [4.69, 9.17) is 122 Å². The first-order chi connectivity index (χ1) is 68.3. The van der Waals surface area contributed by atoms with Crippen LogP contribution in [0.15, 0.2) is 12.2 Å². The van der Waals surface area contributed by atoms with E-state index in [0.717, 1.165) is 6.08 Å². The van der Waals surface area contributed by atoms with Crippen LogP contribution in [0.1, 0.15) is 193 Å². The number of alkyl halides is 3. The standard InChI is InChI=1S/C96H164Cl3N5O42/c1-34-22-23-49(106)27-50(107)26-48(105)18-16-21-62(115)140-80(39(6)74(117)38(5)73(116)35(2)41(8)131-65-32-60(139-92(127)51-24-25-104(130)72(69(51)101)91(125)126)70(43(10)133-65)102-90(124)71-66(97)67(98)89(99)103(71)15)40(7)81-83(143-81)53(109)20-17-19-52(108)36(3)54(110)28-55(111)37(4)59-29-58(114)88(123)96(129,146-59)33-61(34)138-84-76(119)45(12)137-95(78(84)121)145-87-86(142-63-30-56(112)68(100)42(9)132-63)82(47(14)135-93(87)128)144-94-79(122)85(77(120)46(13)136-94)141-64-31-57(113)75(118)44(11)134-64/h16,21,34-61,63-89,93-95,104-114,116-123,128-129H,17-20,22-33,100-101H2,1-15H3,(H,102,124)(H,125,126)/t34-,35-,36-,37-,38-,39-,40+,41+,42-,43-,44-,45-,46-,47-,48+,49+,50-,51?,52+,53+,54-,55-,56-,57-,58+,59+,60-,61+,63+,64+,65-,66?,67?,68-,69?,70-,71?,72?,73-,74-,75-,76-,77-,78-,79-,80+,81-,82-,83+,84+,85+,86+,87-,88-,89?,93-,94+,95+,96-/m1/s1. The number of ether oxygens (including phenoxy) is 16. The molecule has 8 unspecified atom stereocenters. The number of nitrogens with one attached hydrogen (secondary N) is 2. The molecule has 11 aliphatic heterocycles. The number of carbonyl (C=O) groups is 4. The van der Waals surface area contributed by atoms with Gasteiger partial charge in [-0.2, -0.15) is 0 Å². The summed E-state index contributed by atoms with van der Waals surface area (Å²) in [5.41, 5.74) is 11.7. The van der Waals surface area contributed by atoms with Gasteiger partial charge < -0.3 is 210 Å². The highest BCUT2D eigenvalue weighted by molar-refractivity contribution is 6.36. The summed E-state index contributed by atoms with van der Waals surface area (Å²) in [6.07, 6.45) is -61.3. The van der Waals surface area contributed by atoms with Crippen molar-refractivity contribution in [1.29, 1.82) is 0 Å². The third-order valence-corrected chi connectivity index (χ3v) is 34.3. The average Bonchev–Trinajstić information content (AvgIpc) is 0.975. The predicted molar refractivity (Wildman–Crippen MR) is 508 cm³/mol. The molecule has 0 aliphatic carbocycles. The molecular weight excluding hydrogens is 2000 g/mol. The largest absolute Gasteiger partial charge is 0.634 e. The summed E-state index contributed by atoms with van der Waals surface area (Å²) in [6.45, 7) is 21.3. The zero-order chi connectivity index (χ0) is 108. The van der Waals surface area contributed by atoms with E-state index in [1.807, 2.05) is 0 Å². The Labute approximate surface area is 864 Å². The Morgan fingerprint density at radius 1 is 0.534 bits per heavy atom. The molecule has 0 aromatic carbocycles. The number of rotatable bonds is 23. The highest BCUT2D eigenvalue weighted by Crippen LogP contribution is 2.46. The van der Waals surface area contributed by atoms with Crippen molar-refractivity contribution in [3.63, 3.8) is 0 Å². The number of likely N-dealkylation sites (N-methyl/N-ethyl adjacent to an activating group) is 1. The van der Waals surface area contributed by atoms with Gasteiger partial charge in [0.05, 0.1) is 176 Å². The molecule has 0 aromatic rings. The monoisotopic (exact) mass is 2160 g/mol. The first kappa shape index (κ1) is 123. The minimum absolute atomic E-state index is 0.00928. The number of aliphatic hydroxyl groups excluding tert-OH is 19. The van der Waals surface area contributed by atoms with Gasteiger partial charge in [0.15, 0.2) is 43.5 Å². The number of aliphatic hydroxyl groups is 20. The lowest BCUT2D eigenvalue weighted by Crippen LogP contribution is -3.16. The van der Waals surface area contributed by atoms with E-state index in [2.05, 4.69) is 5.32 Å². The van der Waals surface area contributed by atoms with Gasteiger partial charge >= 0.3 is 17.9 Å². The second-order valence-electron chi connectivity index (χ2n) is 43.2. The lowest BCUT2D eigenvalue weighted by Gasteiger charge is -2.51. The molecule has 11 heterocycles. The number of nitrogens with two attached hydrogens (primary N) is 2. The normalized spacial score (nSPS) is 49.5. The Hall–Kier alpha value is -3.07. The first-order valence-corrected chi connectivity index (χ1v) is 52.8. The number of esters is 2. The van der Waals surface area contributed by atoms with Crippen LogP contribution in [0.3, 0.4) is 0 Å². The van der Waals surface area contributed by atoms with Gasteiger partial charge in [-0.3, -0.25) is 14.5 Å². The fourth-order valence-electron chi connectivity index (χ4n) is 22.2. The fraction of sp³-hybridized carbons (Fsp3) is 0.938. The molecule has 27 N–H and O–H groups in total. The maximum atomic E-state index is 14.2. The summed E-state index contributed by atoms with van der Waals surface area (Å²) in [5, 5.41) is 259. The summed E-state index contributed by atoms with van der Waals surface area (Å²) >= 11 is 19.6. The number of fused-ring (bicyclic) bond motifs is 3. The lowest BCUT2D eigenvalue weighted by atomic mass is 9.77. The number of halogens is 3. The molecule has 11 aliphatic rings. The average molecular weight is 2170 g/mol. The van der Waals surface area contributed by atoms with Gasteiger partial charge in [0.1, 0.15) is 97.0 Å². The summed E-state index contributed by atoms with van der Waals surface area (Å²) in [7, 11) is 1.55. The summed E-state index contributed by atoms with van der Waals surface area (Å²) in [6, 6.07) is -6.22. The van der Waals surface area contributed by atoms with E-state index in [9.17, 15) is 132 Å². The summed E-state index contributed by atoms with van der Waals surface area (Å²) in [5.74, 6) is -14.9. The molecule has 50 heteroatoms. The van der Waals surface area contributed by atoms with Crippen LogP contribution < -0.4 is 21.8 Å². The number of likely N-dealkylation sites (tertiary alicyclic amines) is 1. The van der Waals surface area contributed by atoms with Crippen molar-refractivity contribution in [3.8, 4) is 0 Å². The molecule has 60 atom stereocenters. The summed E-state index contributed by atoms with van der Waals surface area (Å²) in [4.78, 5) is 56.2. The Morgan fingerprint density at radius 3 is 1.72 bits per heavy atom. The van der Waals surface area contributed by atoms with Crippen molar-refractivity contribution < 1.29 is 207 Å². The molecule has 0 saturated carbocycles. The van der Waals surface area contributed by atoms with Crippen LogP contribution in [0.2, 0.25) is 0 Å². The molecule has 47 nitrogen and oxygen atoms in total. The first-order valence-electron chi connectivity index (χ1n) is 51.5. The molecule has 11 rings (SSSR count). The Balaban J connectivity index is 0.787. The van der Waals surface area contributed by atoms with Crippen molar-refractivity contribution in [1.82, 2.24) is 10.2 Å². The van der Waals surface area contributed by atoms with Crippen molar-refractivity contribution >= 4 is 58.6 Å². The quantitative estimate of drug-likeness (QED) is 0.0150. The highest BCUT2D eigenvalue weighted by Gasteiger charge is 2.61. The molecule has 846 valence electrons. The molecule has 0 spiro atoms. The third-order valence-electron chi connectivity index (χ3n) is 32.4. The topological polar surface area (TPSA) is 739 Å². The van der Waals surface area contributed by atoms with Gasteiger partial charge in [-0.15, -0.1) is 34.8 Å². The van der Waals surface area contributed by atoms with Gasteiger partial charge in [-0.25, -0.2) is 9.59 Å². The molecule has 10 saturated heterocycles. The maximum absolute atomic E-state index is 14.2. The number of quaternary nitrogens is 1. The van der Waals surface area contributed by atoms with Gasteiger partial charge in [0, 0.05) is 80.1 Å². The maximum Gasteiger partial charge on any atom is 0.364 e. The zero-order valence-corrected chi connectivity index (χ0v) is 87.4. The third kappa shape index (κ3) is 29.7. The van der Waals surface area contributed by atoms with Crippen molar-refractivity contribution in [3.05, 3.63) is 17.4 Å². The van der Waals surface area contributed by atoms with Crippen LogP contribution in [0.4, 0.5) is 0 Å². The fourth-order valence-corrected chi connectivity index (χ4v) is 23.3. The summed E-state index contributed by atoms with van der Waals surface area (Å²) < 4.78 is 100. The number of hydrogen-bond donors (Lipinski definition) is 25. The number of hydroxylamine groups is 2. The van der Waals surface area contributed by atoms with Gasteiger partial charge in [0.25, 0.3) is 0 Å². The van der Waals surface area contributed by atoms with Crippen molar-refractivity contribution in [2.24, 2.45) is 58.8 Å². The number of epoxide rings is 1. The molecule has 0 aromatic heterocycles. The smallest absolute Gasteiger partial charge is 0.364 e. The Kier molecular flexibility index (Phi) is 45.0. The van der Waals surface area contributed by atoms with E-state index < -0.39 is 405 Å². The van der Waals surface area contributed by atoms with Crippen molar-refractivity contribution in [2.75, 3.05) is 13.6 Å². The number of carboxylic acids is 1. The lowest BCUT2D eigenvalue weighted by molar-refractivity contribution is -0.874. The van der Waals surface area contributed by atoms with Gasteiger partial charge in [-0.05, 0) is 119 Å². The number of cyclic esters (lactones) is 1. The number of nitrogens with zero attached hydrogens (tertiary/aromatic N) is 1. The number of aliphatic carboxylic acids is 1. The molecule has 146 heavy (non-hydrogen) atoms. The van der Waals surface area contributed by atoms with Gasteiger partial charge in [0.2, 0.25) is 11.9 Å². The van der Waals surface area contributed by atoms with Crippen LogP contribution in [0, 0.1) is 52.6 Å². The minimum atomic E-state index is -2.83. The van der Waals surface area contributed by atoms with Crippen LogP contribution in [-0.2, 0) is 95.0 Å². The SMILES string of the molecule is C[C@@H]([C@@H](O)[C@@H](C)[C@@H]1OC(=O)C=CC[C@H](O)C[C@@H](O)C[C@@H](O)CC[C@@H](C)[C@@H](O[C@@H]2[C@@H](O)[C@H](O[C@@H]3[C@@H](O[C@H]4C[C@@H](O)[C@H](N)[C@@H](C)O4)[C@H](O[C@@H]4O[C@H](C)[C@@H](O)[C@H](O[C@H]5C[C@@H](O)[C@H](O)[C@@H](C)O5)[C@H]4O)[C@@H](C)O[C@H]3O)O[C@H](C)[C@H]2O)C[C@@]2(O)O[C@@H](C[C@H](O)[C@H]2O)[C@H](C)[C@H](O)C[C@@H](O)[C@H](C)[C@@H](O)CCC[C@H](O)[C@@H]2O[C@@H]2[C@H]1C)[C@H](O)[C@H](C)[C@H](C)O[C@H]1C[C@@H](OC(=O)C2CC[NH+]([O-])C(C(=O)O)C2N)[C@H](NC(=O)C2C(Cl)C(Cl)C(Cl)N2C)[C@@H](C)O1. The molecule has 10 fully saturated rings. The number of carbonyl (C=O) groups excluding carboxylic acids is 3. The van der Waals surface area contributed by atoms with Crippen LogP contribution in [0.5, 0.6) is 0 Å². The minimum Gasteiger partial charge on any atom is -0.634 e. The molecule has 1 amide bonds. The number of carboxylic acid groups (broad SMARTS) is 1. The second kappa shape index (κ2) is 53.3. The van der Waals surface area contributed by atoms with Crippen LogP contribution in [-0.4, -0.2) is 459 Å². The van der Waals surface area contributed by atoms with E-state index in [-0.39, 0.29) is 83.6 Å². The Bertz CT molecular complexity index is 4060. The number of piperidine rings is 1. The molecular formula is C96H164Cl3N5O42. The van der Waals surface area contributed by atoms with E-state index in [1.165, 1.54) is 52.5 Å². The van der Waals surface area contributed by atoms with E-state index in [1.54, 1.807) is 62.4 Å². The van der Waals surface area contributed by atoms with E-state index >= 15 is 0 Å². The van der Waals surface area contributed by atoms with E-state index in [0.29, 0.717) is 0 Å². The van der Waals surface area contributed by atoms with Crippen molar-refractivity contribution in [2.45, 2.75) is 503 Å². The van der Waals surface area contributed by atoms with Crippen LogP contribution >= 0.6 is 34.8 Å². The predicted octanol–water partition coefficient (Wildman–Crippen LogP) is -5.11. The second-order valence-corrected chi connectivity index (χ2v) is 44.7.